The Morgan fingerprint density at radius 3 is 2.69 bits per heavy atom. The number of ketones is 1. The minimum absolute atomic E-state index is 0.0572. The number of rotatable bonds is 5. The number of carbonyl (C=O) groups is 1. The summed E-state index contributed by atoms with van der Waals surface area (Å²) in [5.74, 6) is -0.222. The van der Waals surface area contributed by atoms with Crippen LogP contribution in [-0.2, 0) is 26.9 Å². The summed E-state index contributed by atoms with van der Waals surface area (Å²) in [6.07, 6.45) is -1.73. The van der Waals surface area contributed by atoms with Gasteiger partial charge in [0.25, 0.3) is 0 Å². The van der Waals surface area contributed by atoms with Crippen molar-refractivity contribution >= 4 is 5.78 Å². The number of ether oxygens (including phenoxy) is 2. The molecule has 1 aliphatic heterocycles. The fourth-order valence-electron chi connectivity index (χ4n) is 2.96. The molecule has 0 N–H and O–H groups in total. The zero-order valence-corrected chi connectivity index (χ0v) is 14.1. The highest BCUT2D eigenvalue weighted by Gasteiger charge is 2.41. The van der Waals surface area contributed by atoms with Crippen LogP contribution in [0.25, 0.3) is 0 Å². The molecule has 2 aromatic rings. The van der Waals surface area contributed by atoms with Crippen LogP contribution in [0.3, 0.4) is 0 Å². The maximum atomic E-state index is 13.1. The number of hydrogen-bond donors (Lipinski definition) is 0. The molecule has 1 aliphatic rings. The van der Waals surface area contributed by atoms with Gasteiger partial charge in [-0.3, -0.25) is 4.79 Å². The fraction of sp³-hybridized carbons (Fsp3) is 0.471. The molecule has 2 heterocycles. The molecule has 6 nitrogen and oxygen atoms in total. The molecule has 1 atom stereocenters. The Hall–Kier alpha value is -2.26. The first-order valence-electron chi connectivity index (χ1n) is 8.00. The molecule has 0 saturated carbocycles. The van der Waals surface area contributed by atoms with Crippen molar-refractivity contribution in [2.45, 2.75) is 25.6 Å². The minimum atomic E-state index is -4.44. The van der Waals surface area contributed by atoms with Crippen LogP contribution in [0.1, 0.15) is 24.1 Å². The highest BCUT2D eigenvalue weighted by molar-refractivity contribution is 5.88. The van der Waals surface area contributed by atoms with Crippen molar-refractivity contribution in [3.05, 3.63) is 48.0 Å². The van der Waals surface area contributed by atoms with Crippen LogP contribution in [0, 0.1) is 5.41 Å². The Morgan fingerprint density at radius 1 is 1.35 bits per heavy atom. The fourth-order valence-corrected chi connectivity index (χ4v) is 2.96. The van der Waals surface area contributed by atoms with Crippen molar-refractivity contribution in [1.82, 2.24) is 14.8 Å². The summed E-state index contributed by atoms with van der Waals surface area (Å²) in [7, 11) is 0. The molecule has 1 aromatic heterocycles. The van der Waals surface area contributed by atoms with E-state index in [1.807, 2.05) is 0 Å². The summed E-state index contributed by atoms with van der Waals surface area (Å²) in [6.45, 7) is 2.19. The van der Waals surface area contributed by atoms with Crippen molar-refractivity contribution < 1.29 is 27.4 Å². The Labute approximate surface area is 147 Å². The van der Waals surface area contributed by atoms with Crippen molar-refractivity contribution in [1.29, 1.82) is 0 Å². The van der Waals surface area contributed by atoms with Crippen molar-refractivity contribution in [2.75, 3.05) is 20.0 Å². The normalized spacial score (nSPS) is 18.5. The van der Waals surface area contributed by atoms with Gasteiger partial charge in [0.05, 0.1) is 24.2 Å². The lowest BCUT2D eigenvalue weighted by atomic mass is 9.81. The Bertz CT molecular complexity index is 756. The van der Waals surface area contributed by atoms with E-state index < -0.39 is 23.2 Å². The van der Waals surface area contributed by atoms with Crippen LogP contribution >= 0.6 is 0 Å². The second kappa shape index (κ2) is 7.16. The summed E-state index contributed by atoms with van der Waals surface area (Å²) in [4.78, 5) is 17.0. The molecule has 9 heteroatoms. The highest BCUT2D eigenvalue weighted by atomic mass is 19.4. The summed E-state index contributed by atoms with van der Waals surface area (Å²) in [6, 6.07) is 4.13. The predicted octanol–water partition coefficient (Wildman–Crippen LogP) is 2.66. The van der Waals surface area contributed by atoms with E-state index in [0.717, 1.165) is 12.1 Å². The smallest absolute Gasteiger partial charge is 0.354 e. The largest absolute Gasteiger partial charge is 0.416 e. The molecule has 1 unspecified atom stereocenters. The minimum Gasteiger partial charge on any atom is -0.354 e. The van der Waals surface area contributed by atoms with Gasteiger partial charge in [-0.05, 0) is 18.6 Å². The number of halogens is 3. The van der Waals surface area contributed by atoms with Gasteiger partial charge in [-0.1, -0.05) is 18.2 Å². The van der Waals surface area contributed by atoms with Gasteiger partial charge in [0, 0.05) is 6.42 Å². The van der Waals surface area contributed by atoms with E-state index in [4.69, 9.17) is 9.47 Å². The van der Waals surface area contributed by atoms with Gasteiger partial charge < -0.3 is 9.47 Å². The average Bonchev–Trinajstić information content (AvgIpc) is 3.13. The van der Waals surface area contributed by atoms with Crippen LogP contribution in [0.4, 0.5) is 13.2 Å². The maximum absolute atomic E-state index is 13.1. The summed E-state index contributed by atoms with van der Waals surface area (Å²) in [5, 5.41) is 4.01. The first kappa shape index (κ1) is 18.5. The Morgan fingerprint density at radius 2 is 2.08 bits per heavy atom. The number of alkyl halides is 3. The van der Waals surface area contributed by atoms with Gasteiger partial charge in [-0.2, -0.15) is 18.3 Å². The molecule has 3 rings (SSSR count). The number of hydrogen-bond acceptors (Lipinski definition) is 5. The zero-order valence-electron chi connectivity index (χ0n) is 14.1. The molecular weight excluding hydrogens is 351 g/mol. The van der Waals surface area contributed by atoms with E-state index in [0.29, 0.717) is 5.56 Å². The molecule has 26 heavy (non-hydrogen) atoms. The van der Waals surface area contributed by atoms with E-state index in [2.05, 4.69) is 10.1 Å². The summed E-state index contributed by atoms with van der Waals surface area (Å²) in [5.41, 5.74) is -1.28. The SMILES string of the molecule is CC1(C(=O)C(Cc2cccc(C(F)(F)F)c2)n2cncn2)COCOC1. The topological polar surface area (TPSA) is 66.2 Å². The molecule has 1 saturated heterocycles. The van der Waals surface area contributed by atoms with E-state index in [1.54, 1.807) is 13.0 Å². The van der Waals surface area contributed by atoms with Crippen molar-refractivity contribution in [2.24, 2.45) is 5.41 Å². The lowest BCUT2D eigenvalue weighted by Crippen LogP contribution is -2.45. The van der Waals surface area contributed by atoms with Crippen molar-refractivity contribution in [3.63, 3.8) is 0 Å². The number of carbonyl (C=O) groups excluding carboxylic acids is 1. The second-order valence-corrected chi connectivity index (χ2v) is 6.53. The lowest BCUT2D eigenvalue weighted by Gasteiger charge is -2.34. The van der Waals surface area contributed by atoms with E-state index in [9.17, 15) is 18.0 Å². The van der Waals surface area contributed by atoms with Crippen LogP contribution in [-0.4, -0.2) is 40.6 Å². The van der Waals surface area contributed by atoms with Gasteiger partial charge in [-0.25, -0.2) is 9.67 Å². The first-order chi connectivity index (χ1) is 12.3. The van der Waals surface area contributed by atoms with Gasteiger partial charge in [0.15, 0.2) is 5.78 Å². The third kappa shape index (κ3) is 3.94. The second-order valence-electron chi connectivity index (χ2n) is 6.53. The number of Topliss-reactive ketones (excluding diaryl/α,β-unsaturated/α-hetero) is 1. The molecule has 0 spiro atoms. The van der Waals surface area contributed by atoms with Gasteiger partial charge in [-0.15, -0.1) is 0 Å². The highest BCUT2D eigenvalue weighted by Crippen LogP contribution is 2.32. The summed E-state index contributed by atoms with van der Waals surface area (Å²) < 4.78 is 50.7. The molecule has 0 aliphatic carbocycles. The number of nitrogens with zero attached hydrogens (tertiary/aromatic N) is 3. The monoisotopic (exact) mass is 369 g/mol. The van der Waals surface area contributed by atoms with Crippen LogP contribution in [0.5, 0.6) is 0 Å². The maximum Gasteiger partial charge on any atom is 0.416 e. The van der Waals surface area contributed by atoms with Crippen LogP contribution in [0.2, 0.25) is 0 Å². The van der Waals surface area contributed by atoms with Gasteiger partial charge in [0.1, 0.15) is 25.5 Å². The molecule has 0 amide bonds. The van der Waals surface area contributed by atoms with E-state index >= 15 is 0 Å². The molecular formula is C17H18F3N3O3. The van der Waals surface area contributed by atoms with Crippen LogP contribution < -0.4 is 0 Å². The predicted molar refractivity (Wildman–Crippen MR) is 84.1 cm³/mol. The molecule has 1 fully saturated rings. The van der Waals surface area contributed by atoms with Gasteiger partial charge >= 0.3 is 6.18 Å². The average molecular weight is 369 g/mol. The van der Waals surface area contributed by atoms with Gasteiger partial charge in [0.2, 0.25) is 0 Å². The Balaban J connectivity index is 1.90. The molecule has 1 aromatic carbocycles. The van der Waals surface area contributed by atoms with Crippen LogP contribution in [0.15, 0.2) is 36.9 Å². The molecule has 140 valence electrons. The first-order valence-corrected chi connectivity index (χ1v) is 8.00. The van der Waals surface area contributed by atoms with E-state index in [-0.39, 0.29) is 32.2 Å². The Kier molecular flexibility index (Phi) is 5.10. The zero-order chi connectivity index (χ0) is 18.8. The molecule has 0 bridgehead atoms. The third-order valence-corrected chi connectivity index (χ3v) is 4.34. The quantitative estimate of drug-likeness (QED) is 0.811. The third-order valence-electron chi connectivity index (χ3n) is 4.34. The summed E-state index contributed by atoms with van der Waals surface area (Å²) >= 11 is 0. The molecule has 0 radical (unpaired) electrons. The standard InChI is InChI=1S/C17H18F3N3O3/c1-16(7-25-11-26-8-16)15(24)14(23-10-21-9-22-23)6-12-3-2-4-13(5-12)17(18,19)20/h2-5,9-10,14H,6-8,11H2,1H3. The van der Waals surface area contributed by atoms with Crippen molar-refractivity contribution in [3.8, 4) is 0 Å². The lowest BCUT2D eigenvalue weighted by molar-refractivity contribution is -0.174. The number of aromatic nitrogens is 3. The van der Waals surface area contributed by atoms with E-state index in [1.165, 1.54) is 23.4 Å². The number of benzene rings is 1.